The molecule has 9 atom stereocenters. The molecule has 0 spiro atoms. The molecule has 3 aliphatic carbocycles. The second-order valence-electron chi connectivity index (χ2n) is 7.53. The molecule has 1 aliphatic heterocycles. The maximum Gasteiger partial charge on any atom is 0.226 e. The molecular weight excluding hydrogens is 342 g/mol. The number of nitrogens with zero attached hydrogens (tertiary/aromatic N) is 1. The molecule has 0 radical (unpaired) electrons. The summed E-state index contributed by atoms with van der Waals surface area (Å²) in [7, 11) is 3.62. The molecule has 4 aliphatic rings. The zero-order valence-corrected chi connectivity index (χ0v) is 14.6. The van der Waals surface area contributed by atoms with Crippen molar-refractivity contribution in [3.63, 3.8) is 0 Å². The van der Waals surface area contributed by atoms with Gasteiger partial charge in [0.25, 0.3) is 0 Å². The van der Waals surface area contributed by atoms with E-state index in [4.69, 9.17) is 11.2 Å². The van der Waals surface area contributed by atoms with Gasteiger partial charge in [0.1, 0.15) is 0 Å². The molecule has 4 rings (SSSR count). The van der Waals surface area contributed by atoms with Gasteiger partial charge in [0, 0.05) is 25.3 Å². The van der Waals surface area contributed by atoms with Crippen LogP contribution in [0.4, 0.5) is 0 Å². The van der Waals surface area contributed by atoms with Crippen LogP contribution >= 0.6 is 15.9 Å². The Kier molecular flexibility index (Phi) is 3.26. The first kappa shape index (κ1) is 14.8. The summed E-state index contributed by atoms with van der Waals surface area (Å²) in [6, 6.07) is 0. The molecule has 4 fully saturated rings. The van der Waals surface area contributed by atoms with E-state index >= 15 is 0 Å². The predicted octanol–water partition coefficient (Wildman–Crippen LogP) is 2.31. The molecule has 22 heavy (non-hydrogen) atoms. The van der Waals surface area contributed by atoms with Gasteiger partial charge in [-0.15, -0.1) is 12.3 Å². The summed E-state index contributed by atoms with van der Waals surface area (Å²) in [5.41, 5.74) is 1.13. The molecule has 1 amide bonds. The molecule has 1 unspecified atom stereocenters. The second kappa shape index (κ2) is 4.85. The Balaban J connectivity index is 1.71. The van der Waals surface area contributed by atoms with Crippen molar-refractivity contribution in [1.82, 2.24) is 4.90 Å². The van der Waals surface area contributed by atoms with E-state index < -0.39 is 0 Å². The highest BCUT2D eigenvalue weighted by molar-refractivity contribution is 9.09. The van der Waals surface area contributed by atoms with Crippen molar-refractivity contribution in [3.05, 3.63) is 12.2 Å². The maximum absolute atomic E-state index is 12.7. The molecule has 1 saturated heterocycles. The SMILES string of the molecule is C#CCC(C(=O)N(C)C)[C@H]1C(=C)[C@@H]2O[C@@H]3[C@@H](Br)[C@H]4C[C@@H]3[C@@H]2[C@H]41. The Morgan fingerprint density at radius 1 is 1.50 bits per heavy atom. The smallest absolute Gasteiger partial charge is 0.226 e. The van der Waals surface area contributed by atoms with Crippen LogP contribution in [0.15, 0.2) is 12.2 Å². The number of hydrogen-bond donors (Lipinski definition) is 0. The quantitative estimate of drug-likeness (QED) is 0.437. The zero-order valence-electron chi connectivity index (χ0n) is 13.0. The molecule has 0 N–H and O–H groups in total. The molecule has 0 aromatic rings. The predicted molar refractivity (Wildman–Crippen MR) is 88.2 cm³/mol. The van der Waals surface area contributed by atoms with Gasteiger partial charge in [0.05, 0.1) is 18.1 Å². The van der Waals surface area contributed by atoms with E-state index in [2.05, 4.69) is 28.4 Å². The summed E-state index contributed by atoms with van der Waals surface area (Å²) in [6.45, 7) is 4.34. The Labute approximate surface area is 140 Å². The van der Waals surface area contributed by atoms with E-state index in [1.165, 1.54) is 6.42 Å². The van der Waals surface area contributed by atoms with Gasteiger partial charge in [0.2, 0.25) is 5.91 Å². The van der Waals surface area contributed by atoms with Gasteiger partial charge in [0.15, 0.2) is 0 Å². The fourth-order valence-corrected chi connectivity index (χ4v) is 6.95. The van der Waals surface area contributed by atoms with Crippen LogP contribution in [-0.4, -0.2) is 41.9 Å². The van der Waals surface area contributed by atoms with Crippen LogP contribution in [0.5, 0.6) is 0 Å². The van der Waals surface area contributed by atoms with Crippen molar-refractivity contribution in [2.24, 2.45) is 35.5 Å². The van der Waals surface area contributed by atoms with Crippen LogP contribution in [0.3, 0.4) is 0 Å². The third-order valence-corrected chi connectivity index (χ3v) is 7.71. The fraction of sp³-hybridized carbons (Fsp3) is 0.722. The molecule has 0 aromatic heterocycles. The minimum atomic E-state index is -0.149. The lowest BCUT2D eigenvalue weighted by Gasteiger charge is -2.37. The molecular formula is C18H22BrNO2. The number of amides is 1. The van der Waals surface area contributed by atoms with Gasteiger partial charge in [-0.25, -0.2) is 0 Å². The number of halogens is 1. The Hall–Kier alpha value is -0.790. The van der Waals surface area contributed by atoms with Crippen LogP contribution in [-0.2, 0) is 9.53 Å². The fourth-order valence-electron chi connectivity index (χ4n) is 5.87. The third-order valence-electron chi connectivity index (χ3n) is 6.51. The molecule has 3 nitrogen and oxygen atoms in total. The Morgan fingerprint density at radius 3 is 2.86 bits per heavy atom. The average Bonchev–Trinajstić information content (AvgIpc) is 3.14. The summed E-state index contributed by atoms with van der Waals surface area (Å²) in [4.78, 5) is 14.8. The van der Waals surface area contributed by atoms with Crippen LogP contribution in [0, 0.1) is 47.9 Å². The summed E-state index contributed by atoms with van der Waals surface area (Å²) < 4.78 is 6.33. The van der Waals surface area contributed by atoms with Crippen molar-refractivity contribution >= 4 is 21.8 Å². The molecule has 118 valence electrons. The topological polar surface area (TPSA) is 29.5 Å². The number of carbonyl (C=O) groups is 1. The molecule has 1 heterocycles. The van der Waals surface area contributed by atoms with E-state index in [0.717, 1.165) is 5.57 Å². The number of hydrogen-bond acceptors (Lipinski definition) is 2. The van der Waals surface area contributed by atoms with Gasteiger partial charge in [-0.05, 0) is 41.6 Å². The minimum absolute atomic E-state index is 0.134. The summed E-state index contributed by atoms with van der Waals surface area (Å²) >= 11 is 3.86. The number of fused-ring (bicyclic) bond motifs is 2. The molecule has 4 heteroatoms. The van der Waals surface area contributed by atoms with Crippen molar-refractivity contribution in [2.75, 3.05) is 14.1 Å². The average molecular weight is 364 g/mol. The normalized spacial score (nSPS) is 48.5. The zero-order chi connectivity index (χ0) is 15.8. The lowest BCUT2D eigenvalue weighted by atomic mass is 9.71. The largest absolute Gasteiger partial charge is 0.369 e. The van der Waals surface area contributed by atoms with Gasteiger partial charge in [-0.3, -0.25) is 4.79 Å². The van der Waals surface area contributed by atoms with E-state index in [0.29, 0.717) is 41.0 Å². The van der Waals surface area contributed by atoms with Gasteiger partial charge >= 0.3 is 0 Å². The Bertz CT molecular complexity index is 580. The Morgan fingerprint density at radius 2 is 2.23 bits per heavy atom. The van der Waals surface area contributed by atoms with E-state index in [-0.39, 0.29) is 23.8 Å². The van der Waals surface area contributed by atoms with Gasteiger partial charge in [-0.1, -0.05) is 22.5 Å². The number of terminal acetylenes is 1. The van der Waals surface area contributed by atoms with Crippen molar-refractivity contribution < 1.29 is 9.53 Å². The standard InChI is InChI=1S/C18H22BrNO2/c1-5-6-9(18(21)20(3)4)12-8(2)16-14-11-7-10(13(12)14)15(19)17(11)22-16/h1,9-17H,2,6-7H2,3-4H3/t9?,10-,11+,12+,13+,14+,15-,16-,17-/m0/s1. The summed E-state index contributed by atoms with van der Waals surface area (Å²) in [5.74, 6) is 5.21. The first-order valence-electron chi connectivity index (χ1n) is 8.10. The summed E-state index contributed by atoms with van der Waals surface area (Å²) in [6.07, 6.45) is 7.79. The summed E-state index contributed by atoms with van der Waals surface area (Å²) in [5, 5.41) is 0. The first-order valence-corrected chi connectivity index (χ1v) is 9.01. The first-order chi connectivity index (χ1) is 10.5. The highest BCUT2D eigenvalue weighted by Crippen LogP contribution is 2.70. The molecule has 2 bridgehead atoms. The number of carbonyl (C=O) groups excluding carboxylic acids is 1. The van der Waals surface area contributed by atoms with Crippen molar-refractivity contribution in [2.45, 2.75) is 29.9 Å². The van der Waals surface area contributed by atoms with E-state index in [9.17, 15) is 4.79 Å². The van der Waals surface area contributed by atoms with Gasteiger partial charge < -0.3 is 9.64 Å². The lowest BCUT2D eigenvalue weighted by molar-refractivity contribution is -0.135. The minimum Gasteiger partial charge on any atom is -0.369 e. The highest BCUT2D eigenvalue weighted by atomic mass is 79.9. The van der Waals surface area contributed by atoms with Crippen LogP contribution in [0.2, 0.25) is 0 Å². The maximum atomic E-state index is 12.7. The number of alkyl halides is 1. The third kappa shape index (κ3) is 1.65. The van der Waals surface area contributed by atoms with Crippen LogP contribution in [0.1, 0.15) is 12.8 Å². The van der Waals surface area contributed by atoms with E-state index in [1.54, 1.807) is 4.90 Å². The number of ether oxygens (including phenoxy) is 1. The highest BCUT2D eigenvalue weighted by Gasteiger charge is 2.71. The second-order valence-corrected chi connectivity index (χ2v) is 8.59. The van der Waals surface area contributed by atoms with E-state index in [1.807, 2.05) is 14.1 Å². The lowest BCUT2D eigenvalue weighted by Crippen LogP contribution is -2.42. The molecule has 0 aromatic carbocycles. The molecule has 3 saturated carbocycles. The van der Waals surface area contributed by atoms with Crippen molar-refractivity contribution in [1.29, 1.82) is 0 Å². The van der Waals surface area contributed by atoms with Crippen molar-refractivity contribution in [3.8, 4) is 12.3 Å². The monoisotopic (exact) mass is 363 g/mol. The van der Waals surface area contributed by atoms with Crippen LogP contribution in [0.25, 0.3) is 0 Å². The van der Waals surface area contributed by atoms with Crippen LogP contribution < -0.4 is 0 Å². The van der Waals surface area contributed by atoms with Gasteiger partial charge in [-0.2, -0.15) is 0 Å². The number of rotatable bonds is 3.